The molecule has 6 aromatic carbocycles. The Bertz CT molecular complexity index is 2580. The number of fused-ring (bicyclic) bond motifs is 7. The molecule has 2 aromatic heterocycles. The number of rotatable bonds is 3. The first-order valence-corrected chi connectivity index (χ1v) is 15.5. The van der Waals surface area contributed by atoms with E-state index in [1.807, 2.05) is 12.1 Å². The Kier molecular flexibility index (Phi) is 6.11. The lowest BCUT2D eigenvalue weighted by molar-refractivity contribution is 1.12. The number of aromatic nitrogens is 2. The van der Waals surface area contributed by atoms with E-state index in [2.05, 4.69) is 139 Å². The van der Waals surface area contributed by atoms with Gasteiger partial charge in [0, 0.05) is 32.7 Å². The summed E-state index contributed by atoms with van der Waals surface area (Å²) in [4.78, 5) is 3.76. The number of hydrogen-bond donors (Lipinski definition) is 0. The zero-order valence-corrected chi connectivity index (χ0v) is 26.2. The van der Waals surface area contributed by atoms with Gasteiger partial charge in [-0.2, -0.15) is 5.26 Å². The number of hydrogen-bond acceptors (Lipinski definition) is 1. The predicted octanol–water partition coefficient (Wildman–Crippen LogP) is 11.2. The summed E-state index contributed by atoms with van der Waals surface area (Å²) >= 11 is 0. The number of para-hydroxylation sites is 4. The van der Waals surface area contributed by atoms with E-state index >= 15 is 0 Å². The SMILES string of the molecule is [C-]#[N+]c1cc(C#N)cc(-c2cc3c4ccccc4n(-c4c(C)cccc4C)c3c3c4ccccc4n(-c4c(C)cccc4C)c23)c1. The first-order chi connectivity index (χ1) is 22.4. The van der Waals surface area contributed by atoms with Gasteiger partial charge in [0.1, 0.15) is 0 Å². The van der Waals surface area contributed by atoms with Crippen LogP contribution in [0, 0.1) is 45.6 Å². The average molecular weight is 591 g/mol. The third-order valence-corrected chi connectivity index (χ3v) is 9.38. The fourth-order valence-electron chi connectivity index (χ4n) is 7.50. The summed E-state index contributed by atoms with van der Waals surface area (Å²) in [6.45, 7) is 16.6. The Morgan fingerprint density at radius 1 is 0.587 bits per heavy atom. The van der Waals surface area contributed by atoms with Crippen LogP contribution in [0.3, 0.4) is 0 Å². The van der Waals surface area contributed by atoms with E-state index in [0.717, 1.165) is 60.4 Å². The molecular weight excluding hydrogens is 560 g/mol. The van der Waals surface area contributed by atoms with Gasteiger partial charge in [0.2, 0.25) is 0 Å². The van der Waals surface area contributed by atoms with Crippen molar-refractivity contribution in [2.24, 2.45) is 0 Å². The Balaban J connectivity index is 1.73. The van der Waals surface area contributed by atoms with Crippen molar-refractivity contribution in [3.05, 3.63) is 148 Å². The van der Waals surface area contributed by atoms with Gasteiger partial charge in [0.15, 0.2) is 5.69 Å². The molecule has 0 spiro atoms. The van der Waals surface area contributed by atoms with Crippen LogP contribution >= 0.6 is 0 Å². The summed E-state index contributed by atoms with van der Waals surface area (Å²) in [7, 11) is 0. The topological polar surface area (TPSA) is 38.0 Å². The second-order valence-electron chi connectivity index (χ2n) is 12.2. The molecule has 8 aromatic rings. The van der Waals surface area contributed by atoms with Crippen molar-refractivity contribution in [3.8, 4) is 28.6 Å². The van der Waals surface area contributed by atoms with Crippen molar-refractivity contribution in [1.82, 2.24) is 9.13 Å². The van der Waals surface area contributed by atoms with Crippen molar-refractivity contribution in [2.75, 3.05) is 0 Å². The van der Waals surface area contributed by atoms with E-state index in [0.29, 0.717) is 11.3 Å². The molecule has 0 unspecified atom stereocenters. The van der Waals surface area contributed by atoms with Crippen LogP contribution < -0.4 is 0 Å². The Hall–Kier alpha value is -6.10. The lowest BCUT2D eigenvalue weighted by atomic mass is 9.96. The zero-order chi connectivity index (χ0) is 31.7. The fraction of sp³-hybridized carbons (Fsp3) is 0.0952. The minimum atomic E-state index is 0.454. The van der Waals surface area contributed by atoms with E-state index in [4.69, 9.17) is 6.57 Å². The van der Waals surface area contributed by atoms with Crippen LogP contribution in [0.15, 0.2) is 109 Å². The van der Waals surface area contributed by atoms with Gasteiger partial charge in [-0.05, 0) is 91.9 Å². The standard InChI is InChI=1S/C42H30N4/c1-25-12-10-13-26(2)39(25)45-36-18-8-6-16-32(36)35-23-34(30-20-29(24-43)21-31(22-30)44-5)41-38(42(35)45)33-17-7-9-19-37(33)46(41)40-27(3)14-11-15-28(40)4/h6-23H,1-4H3. The molecule has 0 saturated carbocycles. The van der Waals surface area contributed by atoms with E-state index in [-0.39, 0.29) is 0 Å². The molecule has 218 valence electrons. The first kappa shape index (κ1) is 27.4. The maximum Gasteiger partial charge on any atom is 0.189 e. The predicted molar refractivity (Wildman–Crippen MR) is 190 cm³/mol. The molecule has 0 saturated heterocycles. The highest BCUT2D eigenvalue weighted by Gasteiger charge is 2.26. The Morgan fingerprint density at radius 3 is 1.72 bits per heavy atom. The van der Waals surface area contributed by atoms with E-state index in [1.54, 1.807) is 6.07 Å². The molecule has 2 heterocycles. The molecule has 4 nitrogen and oxygen atoms in total. The van der Waals surface area contributed by atoms with Gasteiger partial charge in [0.05, 0.1) is 46.1 Å². The molecule has 0 aliphatic heterocycles. The number of nitrogens with zero attached hydrogens (tertiary/aromatic N) is 4. The molecule has 0 bridgehead atoms. The largest absolute Gasteiger partial charge is 0.308 e. The molecule has 0 fully saturated rings. The molecular formula is C42H30N4. The Morgan fingerprint density at radius 2 is 1.13 bits per heavy atom. The maximum atomic E-state index is 9.99. The lowest BCUT2D eigenvalue weighted by Crippen LogP contribution is -2.02. The van der Waals surface area contributed by atoms with Gasteiger partial charge in [-0.1, -0.05) is 72.8 Å². The van der Waals surface area contributed by atoms with Gasteiger partial charge in [-0.25, -0.2) is 4.85 Å². The molecule has 0 aliphatic carbocycles. The summed E-state index contributed by atoms with van der Waals surface area (Å²) in [5.74, 6) is 0. The van der Waals surface area contributed by atoms with Crippen molar-refractivity contribution >= 4 is 49.3 Å². The van der Waals surface area contributed by atoms with Crippen LogP contribution in [0.2, 0.25) is 0 Å². The number of nitriles is 1. The third-order valence-electron chi connectivity index (χ3n) is 9.38. The highest BCUT2D eigenvalue weighted by atomic mass is 15.0. The maximum absolute atomic E-state index is 9.99. The van der Waals surface area contributed by atoms with Crippen molar-refractivity contribution in [2.45, 2.75) is 27.7 Å². The summed E-state index contributed by atoms with van der Waals surface area (Å²) < 4.78 is 4.87. The van der Waals surface area contributed by atoms with Crippen LogP contribution in [0.25, 0.3) is 71.0 Å². The van der Waals surface area contributed by atoms with Crippen molar-refractivity contribution in [1.29, 1.82) is 5.26 Å². The Labute approximate surface area is 267 Å². The second kappa shape index (κ2) is 10.2. The van der Waals surface area contributed by atoms with Crippen LogP contribution in [0.5, 0.6) is 0 Å². The quantitative estimate of drug-likeness (QED) is 0.189. The molecule has 8 rings (SSSR count). The average Bonchev–Trinajstić information content (AvgIpc) is 3.57. The molecule has 0 aliphatic rings. The van der Waals surface area contributed by atoms with E-state index in [1.165, 1.54) is 27.9 Å². The summed E-state index contributed by atoms with van der Waals surface area (Å²) in [6.07, 6.45) is 0. The third kappa shape index (κ3) is 3.84. The molecule has 0 N–H and O–H groups in total. The van der Waals surface area contributed by atoms with Crippen molar-refractivity contribution in [3.63, 3.8) is 0 Å². The highest BCUT2D eigenvalue weighted by Crippen LogP contribution is 2.47. The lowest BCUT2D eigenvalue weighted by Gasteiger charge is -2.18. The summed E-state index contributed by atoms with van der Waals surface area (Å²) in [6, 6.07) is 40.4. The molecule has 0 amide bonds. The zero-order valence-electron chi connectivity index (χ0n) is 26.2. The summed E-state index contributed by atoms with van der Waals surface area (Å²) in [5.41, 5.74) is 14.4. The smallest absolute Gasteiger partial charge is 0.189 e. The molecule has 4 heteroatoms. The van der Waals surface area contributed by atoms with Gasteiger partial charge >= 0.3 is 0 Å². The number of aryl methyl sites for hydroxylation is 4. The van der Waals surface area contributed by atoms with E-state index < -0.39 is 0 Å². The summed E-state index contributed by atoms with van der Waals surface area (Å²) in [5, 5.41) is 14.6. The molecule has 0 atom stereocenters. The van der Waals surface area contributed by atoms with Gasteiger partial charge in [0.25, 0.3) is 0 Å². The highest BCUT2D eigenvalue weighted by molar-refractivity contribution is 6.29. The van der Waals surface area contributed by atoms with Gasteiger partial charge in [-0.3, -0.25) is 0 Å². The van der Waals surface area contributed by atoms with Crippen LogP contribution in [-0.2, 0) is 0 Å². The van der Waals surface area contributed by atoms with E-state index in [9.17, 15) is 5.26 Å². The second-order valence-corrected chi connectivity index (χ2v) is 12.2. The minimum Gasteiger partial charge on any atom is -0.308 e. The van der Waals surface area contributed by atoms with Crippen LogP contribution in [0.1, 0.15) is 27.8 Å². The normalized spacial score (nSPS) is 11.4. The monoisotopic (exact) mass is 590 g/mol. The molecule has 0 radical (unpaired) electrons. The van der Waals surface area contributed by atoms with Gasteiger partial charge in [-0.15, -0.1) is 0 Å². The first-order valence-electron chi connectivity index (χ1n) is 15.5. The number of benzene rings is 6. The van der Waals surface area contributed by atoms with Gasteiger partial charge < -0.3 is 9.13 Å². The van der Waals surface area contributed by atoms with Crippen LogP contribution in [-0.4, -0.2) is 9.13 Å². The fourth-order valence-corrected chi connectivity index (χ4v) is 7.50. The minimum absolute atomic E-state index is 0.454. The molecule has 46 heavy (non-hydrogen) atoms. The van der Waals surface area contributed by atoms with Crippen LogP contribution in [0.4, 0.5) is 5.69 Å². The van der Waals surface area contributed by atoms with Crippen molar-refractivity contribution < 1.29 is 0 Å².